The molecule has 2 aromatic rings. The molecule has 0 aliphatic heterocycles. The molecule has 100 valence electrons. The summed E-state index contributed by atoms with van der Waals surface area (Å²) in [5.41, 5.74) is 9.72. The van der Waals surface area contributed by atoms with Crippen LogP contribution < -0.4 is 5.73 Å². The highest BCUT2D eigenvalue weighted by Crippen LogP contribution is 2.25. The standard InChI is InChI=1S/C15H16Br2N2/c1-2-10-3-5-11(6-4-10)7-14(18)15-13(17)8-12(16)9-19-15/h3-6,8-9,14H,2,7,18H2,1H3. The molecule has 1 heterocycles. The van der Waals surface area contributed by atoms with Crippen molar-refractivity contribution >= 4 is 31.9 Å². The van der Waals surface area contributed by atoms with E-state index in [0.29, 0.717) is 0 Å². The molecule has 0 radical (unpaired) electrons. The molecular formula is C15H16Br2N2. The number of pyridine rings is 1. The van der Waals surface area contributed by atoms with E-state index in [1.807, 2.05) is 6.07 Å². The molecular weight excluding hydrogens is 368 g/mol. The third-order valence-electron chi connectivity index (χ3n) is 3.07. The number of halogens is 2. The van der Waals surface area contributed by atoms with E-state index in [4.69, 9.17) is 5.73 Å². The minimum atomic E-state index is -0.102. The molecule has 0 saturated heterocycles. The third kappa shape index (κ3) is 3.88. The van der Waals surface area contributed by atoms with Gasteiger partial charge in [-0.25, -0.2) is 0 Å². The average Bonchev–Trinajstić information content (AvgIpc) is 2.39. The molecule has 1 unspecified atom stereocenters. The Balaban J connectivity index is 2.13. The molecule has 0 fully saturated rings. The Kier molecular flexibility index (Phi) is 5.13. The largest absolute Gasteiger partial charge is 0.322 e. The van der Waals surface area contributed by atoms with E-state index in [9.17, 15) is 0 Å². The van der Waals surface area contributed by atoms with Crippen molar-refractivity contribution in [2.75, 3.05) is 0 Å². The van der Waals surface area contributed by atoms with Gasteiger partial charge in [0, 0.05) is 15.1 Å². The van der Waals surface area contributed by atoms with E-state index in [2.05, 4.69) is 68.0 Å². The maximum atomic E-state index is 6.24. The molecule has 0 bridgehead atoms. The van der Waals surface area contributed by atoms with E-state index in [-0.39, 0.29) is 6.04 Å². The smallest absolute Gasteiger partial charge is 0.0716 e. The van der Waals surface area contributed by atoms with Gasteiger partial charge in [0.1, 0.15) is 0 Å². The third-order valence-corrected chi connectivity index (χ3v) is 4.14. The van der Waals surface area contributed by atoms with Crippen LogP contribution in [0.5, 0.6) is 0 Å². The Morgan fingerprint density at radius 1 is 1.16 bits per heavy atom. The monoisotopic (exact) mass is 382 g/mol. The minimum Gasteiger partial charge on any atom is -0.322 e. The fourth-order valence-corrected chi connectivity index (χ4v) is 3.24. The highest BCUT2D eigenvalue weighted by atomic mass is 79.9. The summed E-state index contributed by atoms with van der Waals surface area (Å²) in [5, 5.41) is 0. The predicted octanol–water partition coefficient (Wildman–Crippen LogP) is 4.41. The molecule has 1 atom stereocenters. The Hall–Kier alpha value is -0.710. The zero-order valence-corrected chi connectivity index (χ0v) is 13.9. The lowest BCUT2D eigenvalue weighted by Gasteiger charge is -2.13. The molecule has 2 nitrogen and oxygen atoms in total. The van der Waals surface area contributed by atoms with Gasteiger partial charge >= 0.3 is 0 Å². The van der Waals surface area contributed by atoms with E-state index < -0.39 is 0 Å². The molecule has 1 aromatic carbocycles. The molecule has 2 rings (SSSR count). The van der Waals surface area contributed by atoms with Crippen LogP contribution in [0.15, 0.2) is 45.5 Å². The summed E-state index contributed by atoms with van der Waals surface area (Å²) in [4.78, 5) is 4.39. The highest BCUT2D eigenvalue weighted by Gasteiger charge is 2.12. The van der Waals surface area contributed by atoms with Gasteiger partial charge in [-0.1, -0.05) is 31.2 Å². The lowest BCUT2D eigenvalue weighted by atomic mass is 10.0. The lowest BCUT2D eigenvalue weighted by molar-refractivity contribution is 0.691. The van der Waals surface area contributed by atoms with Crippen LogP contribution in [0, 0.1) is 0 Å². The van der Waals surface area contributed by atoms with Crippen LogP contribution in [0.25, 0.3) is 0 Å². The zero-order chi connectivity index (χ0) is 13.8. The summed E-state index contributed by atoms with van der Waals surface area (Å²) in [6, 6.07) is 10.5. The number of hydrogen-bond donors (Lipinski definition) is 1. The van der Waals surface area contributed by atoms with Crippen molar-refractivity contribution in [3.05, 3.63) is 62.3 Å². The fraction of sp³-hybridized carbons (Fsp3) is 0.267. The van der Waals surface area contributed by atoms with Gasteiger partial charge in [-0.3, -0.25) is 4.98 Å². The quantitative estimate of drug-likeness (QED) is 0.848. The van der Waals surface area contributed by atoms with Crippen molar-refractivity contribution in [2.45, 2.75) is 25.8 Å². The van der Waals surface area contributed by atoms with Gasteiger partial charge in [-0.15, -0.1) is 0 Å². The molecule has 1 aromatic heterocycles. The van der Waals surface area contributed by atoms with Crippen molar-refractivity contribution in [1.82, 2.24) is 4.98 Å². The lowest BCUT2D eigenvalue weighted by Crippen LogP contribution is -2.15. The van der Waals surface area contributed by atoms with Gasteiger partial charge in [0.2, 0.25) is 0 Å². The maximum absolute atomic E-state index is 6.24. The summed E-state index contributed by atoms with van der Waals surface area (Å²) >= 11 is 6.91. The number of benzene rings is 1. The van der Waals surface area contributed by atoms with Crippen molar-refractivity contribution in [1.29, 1.82) is 0 Å². The van der Waals surface area contributed by atoms with Crippen LogP contribution in [0.1, 0.15) is 29.8 Å². The number of rotatable bonds is 4. The molecule has 19 heavy (non-hydrogen) atoms. The number of nitrogens with zero attached hydrogens (tertiary/aromatic N) is 1. The zero-order valence-electron chi connectivity index (χ0n) is 10.7. The normalized spacial score (nSPS) is 12.4. The molecule has 0 saturated carbocycles. The Bertz CT molecular complexity index is 553. The average molecular weight is 384 g/mol. The molecule has 0 amide bonds. The van der Waals surface area contributed by atoms with Crippen LogP contribution in [0.4, 0.5) is 0 Å². The molecule has 4 heteroatoms. The second-order valence-electron chi connectivity index (χ2n) is 4.50. The van der Waals surface area contributed by atoms with E-state index in [1.165, 1.54) is 11.1 Å². The fourth-order valence-electron chi connectivity index (χ4n) is 1.96. The first-order valence-electron chi connectivity index (χ1n) is 6.24. The molecule has 0 aliphatic rings. The number of nitrogens with two attached hydrogens (primary N) is 1. The van der Waals surface area contributed by atoms with Crippen molar-refractivity contribution < 1.29 is 0 Å². The number of hydrogen-bond acceptors (Lipinski definition) is 2. The van der Waals surface area contributed by atoms with Gasteiger partial charge in [0.25, 0.3) is 0 Å². The topological polar surface area (TPSA) is 38.9 Å². The number of aromatic nitrogens is 1. The summed E-state index contributed by atoms with van der Waals surface area (Å²) < 4.78 is 1.89. The molecule has 2 N–H and O–H groups in total. The number of aryl methyl sites for hydroxylation is 1. The van der Waals surface area contributed by atoms with Crippen LogP contribution in [0.3, 0.4) is 0 Å². The Labute approximate surface area is 130 Å². The van der Waals surface area contributed by atoms with Crippen molar-refractivity contribution in [3.63, 3.8) is 0 Å². The Morgan fingerprint density at radius 2 is 1.79 bits per heavy atom. The van der Waals surface area contributed by atoms with Gasteiger partial charge in [0.15, 0.2) is 0 Å². The van der Waals surface area contributed by atoms with Crippen molar-refractivity contribution in [2.24, 2.45) is 5.73 Å². The van der Waals surface area contributed by atoms with Crippen molar-refractivity contribution in [3.8, 4) is 0 Å². The SMILES string of the molecule is CCc1ccc(CC(N)c2ncc(Br)cc2Br)cc1. The van der Waals surface area contributed by atoms with E-state index in [1.54, 1.807) is 6.20 Å². The second kappa shape index (κ2) is 6.64. The predicted molar refractivity (Wildman–Crippen MR) is 86.1 cm³/mol. The second-order valence-corrected chi connectivity index (χ2v) is 6.27. The van der Waals surface area contributed by atoms with Gasteiger partial charge in [-0.2, -0.15) is 0 Å². The Morgan fingerprint density at radius 3 is 2.37 bits per heavy atom. The van der Waals surface area contributed by atoms with E-state index >= 15 is 0 Å². The van der Waals surface area contributed by atoms with Gasteiger partial charge in [-0.05, 0) is 61.9 Å². The summed E-state index contributed by atoms with van der Waals surface area (Å²) in [6.45, 7) is 2.16. The maximum Gasteiger partial charge on any atom is 0.0716 e. The first-order valence-corrected chi connectivity index (χ1v) is 7.83. The van der Waals surface area contributed by atoms with Crippen LogP contribution in [-0.2, 0) is 12.8 Å². The first kappa shape index (κ1) is 14.7. The summed E-state index contributed by atoms with van der Waals surface area (Å²) in [6.07, 6.45) is 3.63. The first-order chi connectivity index (χ1) is 9.10. The summed E-state index contributed by atoms with van der Waals surface area (Å²) in [7, 11) is 0. The van der Waals surface area contributed by atoms with Gasteiger partial charge < -0.3 is 5.73 Å². The van der Waals surface area contributed by atoms with Crippen LogP contribution in [-0.4, -0.2) is 4.98 Å². The van der Waals surface area contributed by atoms with Crippen LogP contribution in [0.2, 0.25) is 0 Å². The minimum absolute atomic E-state index is 0.102. The van der Waals surface area contributed by atoms with Crippen LogP contribution >= 0.6 is 31.9 Å². The highest BCUT2D eigenvalue weighted by molar-refractivity contribution is 9.11. The van der Waals surface area contributed by atoms with Gasteiger partial charge in [0.05, 0.1) is 11.7 Å². The molecule has 0 aliphatic carbocycles. The molecule has 0 spiro atoms. The summed E-state index contributed by atoms with van der Waals surface area (Å²) in [5.74, 6) is 0. The van der Waals surface area contributed by atoms with E-state index in [0.717, 1.165) is 27.5 Å².